The molecular formula is C78H128NO8P. The monoisotopic (exact) mass is 1240 g/mol. The highest BCUT2D eigenvalue weighted by Crippen LogP contribution is 2.38. The molecule has 0 aliphatic carbocycles. The SMILES string of the molecule is CC/C=C\C/C=C\C/C=C\C/C=C\C/C=C\C/C=C\C/C=C\C/C=C\C/C=C\C/C=C\CCCCCCCCCCCCC(=O)OC(COC(=O)CCCCCCCCCCCC/C=C\C/C=C\C/C=C\C/C=C\CC)COP(=O)([O-])OCC[N+](C)(C)C. The molecule has 0 aromatic heterocycles. The molecule has 0 saturated heterocycles. The maximum Gasteiger partial charge on any atom is 0.306 e. The van der Waals surface area contributed by atoms with Crippen LogP contribution in [-0.4, -0.2) is 70.0 Å². The van der Waals surface area contributed by atoms with Gasteiger partial charge in [0, 0.05) is 12.8 Å². The van der Waals surface area contributed by atoms with E-state index in [2.05, 4.69) is 184 Å². The number of hydrogen-bond acceptors (Lipinski definition) is 8. The number of phosphoric acid groups is 1. The molecule has 498 valence electrons. The molecule has 0 fully saturated rings. The summed E-state index contributed by atoms with van der Waals surface area (Å²) >= 11 is 0. The number of ether oxygens (including phenoxy) is 2. The van der Waals surface area contributed by atoms with Crippen LogP contribution in [0.3, 0.4) is 0 Å². The lowest BCUT2D eigenvalue weighted by Gasteiger charge is -2.28. The van der Waals surface area contributed by atoms with Gasteiger partial charge in [0.25, 0.3) is 7.82 Å². The van der Waals surface area contributed by atoms with Crippen molar-refractivity contribution in [1.29, 1.82) is 0 Å². The highest BCUT2D eigenvalue weighted by Gasteiger charge is 2.22. The number of esters is 2. The van der Waals surface area contributed by atoms with Crippen LogP contribution in [0.1, 0.15) is 258 Å². The van der Waals surface area contributed by atoms with Crippen molar-refractivity contribution in [2.24, 2.45) is 0 Å². The predicted molar refractivity (Wildman–Crippen MR) is 378 cm³/mol. The van der Waals surface area contributed by atoms with Crippen molar-refractivity contribution in [3.8, 4) is 0 Å². The van der Waals surface area contributed by atoms with Gasteiger partial charge in [-0.25, -0.2) is 0 Å². The molecule has 88 heavy (non-hydrogen) atoms. The second-order valence-electron chi connectivity index (χ2n) is 23.8. The van der Waals surface area contributed by atoms with Gasteiger partial charge in [0.2, 0.25) is 0 Å². The summed E-state index contributed by atoms with van der Waals surface area (Å²) in [5.41, 5.74) is 0. The average molecular weight is 1240 g/mol. The Labute approximate surface area is 540 Å². The molecule has 0 N–H and O–H groups in total. The minimum atomic E-state index is -4.65. The number of carbonyl (C=O) groups excluding carboxylic acids is 2. The van der Waals surface area contributed by atoms with Crippen molar-refractivity contribution < 1.29 is 42.1 Å². The molecule has 2 atom stereocenters. The second kappa shape index (κ2) is 66.8. The van der Waals surface area contributed by atoms with E-state index in [0.717, 1.165) is 148 Å². The molecule has 0 aliphatic rings. The fraction of sp³-hybridized carbons (Fsp3) is 0.615. The average Bonchev–Trinajstić information content (AvgIpc) is 3.58. The summed E-state index contributed by atoms with van der Waals surface area (Å²) < 4.78 is 34.3. The molecule has 0 amide bonds. The Kier molecular flexibility index (Phi) is 63.3. The summed E-state index contributed by atoms with van der Waals surface area (Å²) in [5, 5.41) is 0. The predicted octanol–water partition coefficient (Wildman–Crippen LogP) is 22.3. The number of likely N-dealkylation sites (N-methyl/N-ethyl adjacent to an activating group) is 1. The zero-order chi connectivity index (χ0) is 64.1. The van der Waals surface area contributed by atoms with Gasteiger partial charge in [0.05, 0.1) is 27.7 Å². The van der Waals surface area contributed by atoms with Crippen molar-refractivity contribution >= 4 is 19.8 Å². The van der Waals surface area contributed by atoms with E-state index in [9.17, 15) is 19.0 Å². The largest absolute Gasteiger partial charge is 0.756 e. The van der Waals surface area contributed by atoms with Gasteiger partial charge < -0.3 is 27.9 Å². The van der Waals surface area contributed by atoms with Crippen molar-refractivity contribution in [2.45, 2.75) is 264 Å². The fourth-order valence-corrected chi connectivity index (χ4v) is 9.70. The van der Waals surface area contributed by atoms with Crippen molar-refractivity contribution in [2.75, 3.05) is 47.5 Å². The molecule has 0 heterocycles. The maximum absolute atomic E-state index is 12.9. The van der Waals surface area contributed by atoms with Crippen LogP contribution in [-0.2, 0) is 32.7 Å². The Morgan fingerprint density at radius 1 is 0.352 bits per heavy atom. The molecular weight excluding hydrogens is 1110 g/mol. The number of quaternary nitrogens is 1. The topological polar surface area (TPSA) is 111 Å². The van der Waals surface area contributed by atoms with Crippen molar-refractivity contribution in [3.63, 3.8) is 0 Å². The summed E-state index contributed by atoms with van der Waals surface area (Å²) in [5.74, 6) is -0.851. The van der Waals surface area contributed by atoms with Crippen molar-refractivity contribution in [1.82, 2.24) is 0 Å². The Morgan fingerprint density at radius 3 is 0.909 bits per heavy atom. The number of rotatable bonds is 62. The quantitative estimate of drug-likeness (QED) is 0.0195. The highest BCUT2D eigenvalue weighted by molar-refractivity contribution is 7.45. The normalized spacial score (nSPS) is 14.2. The third kappa shape index (κ3) is 70.5. The van der Waals surface area contributed by atoms with Gasteiger partial charge in [-0.05, 0) is 128 Å². The molecule has 2 unspecified atom stereocenters. The smallest absolute Gasteiger partial charge is 0.306 e. The van der Waals surface area contributed by atoms with E-state index in [1.165, 1.54) is 77.0 Å². The summed E-state index contributed by atoms with van der Waals surface area (Å²) in [7, 11) is 1.14. The number of nitrogens with zero attached hydrogens (tertiary/aromatic N) is 1. The zero-order valence-electron chi connectivity index (χ0n) is 56.6. The first-order valence-electron chi connectivity index (χ1n) is 34.8. The van der Waals surface area contributed by atoms with E-state index in [-0.39, 0.29) is 26.1 Å². The lowest BCUT2D eigenvalue weighted by molar-refractivity contribution is -0.870. The van der Waals surface area contributed by atoms with Gasteiger partial charge in [-0.3, -0.25) is 14.2 Å². The molecule has 0 bridgehead atoms. The summed E-state index contributed by atoms with van der Waals surface area (Å²) in [6, 6.07) is 0. The van der Waals surface area contributed by atoms with Crippen LogP contribution < -0.4 is 4.89 Å². The third-order valence-electron chi connectivity index (χ3n) is 14.2. The third-order valence-corrected chi connectivity index (χ3v) is 15.2. The van der Waals surface area contributed by atoms with Crippen LogP contribution in [0, 0.1) is 0 Å². The van der Waals surface area contributed by atoms with Gasteiger partial charge in [0.1, 0.15) is 19.8 Å². The number of hydrogen-bond donors (Lipinski definition) is 0. The number of unbranched alkanes of at least 4 members (excludes halogenated alkanes) is 20. The number of carbonyl (C=O) groups is 2. The van der Waals surface area contributed by atoms with Gasteiger partial charge in [-0.15, -0.1) is 0 Å². The van der Waals surface area contributed by atoms with E-state index in [0.29, 0.717) is 17.4 Å². The van der Waals surface area contributed by atoms with Gasteiger partial charge in [0.15, 0.2) is 6.10 Å². The Morgan fingerprint density at radius 2 is 0.614 bits per heavy atom. The molecule has 10 heteroatoms. The highest BCUT2D eigenvalue weighted by atomic mass is 31.2. The van der Waals surface area contributed by atoms with Crippen LogP contribution in [0.5, 0.6) is 0 Å². The number of phosphoric ester groups is 1. The standard InChI is InChI=1S/C78H128NO8P/c1-6-8-10-12-14-16-18-20-22-24-26-28-30-31-32-33-34-35-36-37-38-39-40-41-42-43-44-45-46-47-49-51-53-55-57-59-61-63-65-67-69-71-78(81)87-76(75-86-88(82,83)85-73-72-79(3,4)5)74-84-77(80)70-68-66-64-62-60-58-56-54-52-50-48-29-27-25-23-21-19-17-15-13-11-9-7-2/h8-11,14-17,20-23,26-29,31-32,34-35,37-38,40-41,43-44,46-47,76H,6-7,12-13,18-19,24-25,30,33,36,39,42,45,48-75H2,1-5H3/b10-8-,11-9-,16-14-,17-15-,22-20-,23-21-,28-26-,29-27-,32-31-,35-34-,38-37-,41-40-,44-43-,47-46-. The molecule has 0 aromatic carbocycles. The second-order valence-corrected chi connectivity index (χ2v) is 25.2. The molecule has 0 rings (SSSR count). The van der Waals surface area contributed by atoms with Crippen LogP contribution in [0.2, 0.25) is 0 Å². The summed E-state index contributed by atoms with van der Waals surface area (Å²) in [6.07, 6.45) is 101. The van der Waals surface area contributed by atoms with Crippen LogP contribution >= 0.6 is 7.82 Å². The molecule has 0 radical (unpaired) electrons. The minimum absolute atomic E-state index is 0.0405. The Balaban J connectivity index is 4.11. The van der Waals surface area contributed by atoms with Crippen LogP contribution in [0.15, 0.2) is 170 Å². The zero-order valence-corrected chi connectivity index (χ0v) is 57.5. The fourth-order valence-electron chi connectivity index (χ4n) is 8.97. The van der Waals surface area contributed by atoms with Crippen LogP contribution in [0.4, 0.5) is 0 Å². The van der Waals surface area contributed by atoms with E-state index in [4.69, 9.17) is 18.5 Å². The first-order chi connectivity index (χ1) is 43.0. The molecule has 0 aromatic rings. The Bertz CT molecular complexity index is 2090. The van der Waals surface area contributed by atoms with Crippen molar-refractivity contribution in [3.05, 3.63) is 170 Å². The number of allylic oxidation sites excluding steroid dienone is 28. The van der Waals surface area contributed by atoms with E-state index in [1.807, 2.05) is 21.1 Å². The van der Waals surface area contributed by atoms with Gasteiger partial charge in [-0.1, -0.05) is 287 Å². The maximum atomic E-state index is 12.9. The van der Waals surface area contributed by atoms with E-state index >= 15 is 0 Å². The summed E-state index contributed by atoms with van der Waals surface area (Å²) in [6.45, 7) is 4.00. The molecule has 0 saturated carbocycles. The van der Waals surface area contributed by atoms with E-state index < -0.39 is 32.5 Å². The molecule has 0 aliphatic heterocycles. The first kappa shape index (κ1) is 83.4. The lowest BCUT2D eigenvalue weighted by Crippen LogP contribution is -2.37. The molecule has 9 nitrogen and oxygen atoms in total. The van der Waals surface area contributed by atoms with Gasteiger partial charge >= 0.3 is 11.9 Å². The first-order valence-corrected chi connectivity index (χ1v) is 36.3. The van der Waals surface area contributed by atoms with E-state index in [1.54, 1.807) is 0 Å². The minimum Gasteiger partial charge on any atom is -0.756 e. The van der Waals surface area contributed by atoms with Crippen LogP contribution in [0.25, 0.3) is 0 Å². The summed E-state index contributed by atoms with van der Waals surface area (Å²) in [4.78, 5) is 38.0. The van der Waals surface area contributed by atoms with Gasteiger partial charge in [-0.2, -0.15) is 0 Å². The Hall–Kier alpha value is -4.63. The molecule has 0 spiro atoms. The lowest BCUT2D eigenvalue weighted by atomic mass is 10.0.